The van der Waals surface area contributed by atoms with Crippen molar-refractivity contribution in [3.05, 3.63) is 88.5 Å². The van der Waals surface area contributed by atoms with Crippen molar-refractivity contribution in [3.8, 4) is 86.2 Å². The lowest BCUT2D eigenvalue weighted by molar-refractivity contribution is -0.236. The van der Waals surface area contributed by atoms with Gasteiger partial charge in [0.2, 0.25) is 45.5 Å². The lowest BCUT2D eigenvalue weighted by Gasteiger charge is -2.53. The monoisotopic (exact) mass is 940 g/mol. The average Bonchev–Trinajstić information content (AvgIpc) is 3.28. The summed E-state index contributed by atoms with van der Waals surface area (Å²) >= 11 is 0. The molecule has 0 fully saturated rings. The molecular weight excluding hydrogens is 908 g/mol. The van der Waals surface area contributed by atoms with Crippen molar-refractivity contribution < 1.29 is 131 Å². The van der Waals surface area contributed by atoms with Crippen LogP contribution < -0.4 is 0 Å². The van der Waals surface area contributed by atoms with E-state index in [0.717, 1.165) is 0 Å². The third kappa shape index (κ3) is 7.15. The van der Waals surface area contributed by atoms with Crippen LogP contribution in [0.25, 0.3) is 0 Å². The number of carbonyl (C=O) groups is 6. The highest BCUT2D eigenvalue weighted by atomic mass is 16.4. The maximum Gasteiger partial charge on any atom is 0.223 e. The average molecular weight is 941 g/mol. The van der Waals surface area contributed by atoms with Gasteiger partial charge in [-0.15, -0.1) is 0 Å². The van der Waals surface area contributed by atoms with Crippen molar-refractivity contribution in [3.63, 3.8) is 0 Å². The number of aliphatic hydroxyl groups is 5. The first kappa shape index (κ1) is 48.9. The molecule has 0 heterocycles. The second-order valence-corrected chi connectivity index (χ2v) is 14.5. The van der Waals surface area contributed by atoms with Gasteiger partial charge in [-0.3, -0.25) is 28.8 Å². The molecule has 352 valence electrons. The summed E-state index contributed by atoms with van der Waals surface area (Å²) in [4.78, 5) is 87.7. The normalized spacial score (nSPS) is 15.4. The minimum atomic E-state index is -5.83. The SMILES string of the molecule is O=CC(O)(C(=O)c1cc(O)c(O)c(O)c1)C(O)(C(=O)c1cc(O)c(O)c(O)c1)C(O)(C(=O)c1cc(O)c(O)c(O)c1)C(O)(C(=O)c1cc(O)c(O)c(O)c1)C(O)C(=O)c1cc(O)c(O)c(O)c1. The highest BCUT2D eigenvalue weighted by Crippen LogP contribution is 2.52. The molecule has 0 bridgehead atoms. The van der Waals surface area contributed by atoms with Crippen LogP contribution >= 0.6 is 0 Å². The molecule has 5 rings (SSSR count). The molecular formula is C41H32O26. The Hall–Kier alpha value is -9.08. The van der Waals surface area contributed by atoms with Gasteiger partial charge in [-0.05, 0) is 60.7 Å². The van der Waals surface area contributed by atoms with Crippen molar-refractivity contribution in [2.45, 2.75) is 28.5 Å². The Balaban J connectivity index is 2.13. The summed E-state index contributed by atoms with van der Waals surface area (Å²) in [6.45, 7) is 0. The van der Waals surface area contributed by atoms with Gasteiger partial charge < -0.3 is 102 Å². The topological polar surface area (TPSA) is 507 Å². The highest BCUT2D eigenvalue weighted by molar-refractivity contribution is 6.26. The van der Waals surface area contributed by atoms with Crippen LogP contribution in [0.15, 0.2) is 60.7 Å². The van der Waals surface area contributed by atoms with Gasteiger partial charge in [-0.1, -0.05) is 0 Å². The molecule has 0 amide bonds. The number of rotatable bonds is 15. The molecule has 0 aliphatic heterocycles. The summed E-state index contributed by atoms with van der Waals surface area (Å²) in [6.07, 6.45) is -5.52. The first-order valence-electron chi connectivity index (χ1n) is 17.9. The predicted octanol–water partition coefficient (Wildman–Crippen LogP) is -1.53. The molecule has 5 unspecified atom stereocenters. The number of benzene rings is 5. The number of aromatic hydroxyl groups is 15. The lowest BCUT2D eigenvalue weighted by Crippen LogP contribution is -2.86. The van der Waals surface area contributed by atoms with Crippen molar-refractivity contribution in [2.75, 3.05) is 0 Å². The summed E-state index contributed by atoms with van der Waals surface area (Å²) in [6, 6.07) is 0.158. The molecule has 20 N–H and O–H groups in total. The summed E-state index contributed by atoms with van der Waals surface area (Å²) in [5.74, 6) is -36.8. The summed E-state index contributed by atoms with van der Waals surface area (Å²) in [7, 11) is 0. The standard InChI is InChI=1S/C41H32O26/c42-11-38(64,33(59)13-3-19(45)29(55)20(46)4-13)40(66,35(61)15-7-23(49)31(57)24(50)8-15)41(67,36(62)16-9-25(51)32(58)26(52)10-16)39(65,34(60)14-5-21(47)30(56)22(48)6-14)37(63)27(53)12-1-17(43)28(54)18(44)2-12/h1-11,37,43-52,54-58,63-67H. The smallest absolute Gasteiger partial charge is 0.223 e. The predicted molar refractivity (Wildman–Crippen MR) is 211 cm³/mol. The van der Waals surface area contributed by atoms with Crippen LogP contribution in [0.5, 0.6) is 86.2 Å². The third-order valence-corrected chi connectivity index (χ3v) is 10.5. The molecule has 5 aromatic rings. The lowest BCUT2D eigenvalue weighted by atomic mass is 9.54. The van der Waals surface area contributed by atoms with E-state index in [-0.39, 0.29) is 60.7 Å². The van der Waals surface area contributed by atoms with Gasteiger partial charge in [-0.25, -0.2) is 0 Å². The fraction of sp³-hybridized carbons (Fsp3) is 0.122. The second kappa shape index (κ2) is 16.5. The molecule has 0 aliphatic carbocycles. The first-order chi connectivity index (χ1) is 30.9. The second-order valence-electron chi connectivity index (χ2n) is 14.5. The van der Waals surface area contributed by atoms with Crippen LogP contribution in [0.4, 0.5) is 0 Å². The van der Waals surface area contributed by atoms with E-state index in [2.05, 4.69) is 0 Å². The molecule has 0 radical (unpaired) electrons. The Kier molecular flexibility index (Phi) is 12.0. The van der Waals surface area contributed by atoms with E-state index in [0.29, 0.717) is 0 Å². The molecule has 5 aromatic carbocycles. The van der Waals surface area contributed by atoms with E-state index in [1.807, 2.05) is 0 Å². The number of ketones is 5. The number of phenolic OH excluding ortho intramolecular Hbond substituents is 15. The molecule has 26 heteroatoms. The van der Waals surface area contributed by atoms with Crippen LogP contribution in [0.1, 0.15) is 51.8 Å². The molecule has 67 heavy (non-hydrogen) atoms. The van der Waals surface area contributed by atoms with Crippen LogP contribution in [0.3, 0.4) is 0 Å². The zero-order valence-electron chi connectivity index (χ0n) is 32.8. The van der Waals surface area contributed by atoms with Crippen LogP contribution in [-0.2, 0) is 4.79 Å². The zero-order chi connectivity index (χ0) is 50.8. The molecule has 0 aromatic heterocycles. The van der Waals surface area contributed by atoms with Gasteiger partial charge in [0.1, 0.15) is 0 Å². The number of hydrogen-bond donors (Lipinski definition) is 20. The maximum atomic E-state index is 15.3. The summed E-state index contributed by atoms with van der Waals surface area (Å²) in [5, 5.41) is 217. The fourth-order valence-electron chi connectivity index (χ4n) is 6.91. The summed E-state index contributed by atoms with van der Waals surface area (Å²) in [5.41, 5.74) is -30.5. The number of carbonyl (C=O) groups excluding carboxylic acids is 6. The van der Waals surface area contributed by atoms with Crippen LogP contribution in [0, 0.1) is 0 Å². The Labute approximate surface area is 369 Å². The molecule has 0 saturated heterocycles. The Bertz CT molecular complexity index is 2860. The van der Waals surface area contributed by atoms with Crippen molar-refractivity contribution in [1.29, 1.82) is 0 Å². The molecule has 0 spiro atoms. The van der Waals surface area contributed by atoms with E-state index >= 15 is 14.4 Å². The van der Waals surface area contributed by atoms with E-state index < -0.39 is 178 Å². The molecule has 0 saturated carbocycles. The van der Waals surface area contributed by atoms with E-state index in [1.165, 1.54) is 0 Å². The van der Waals surface area contributed by atoms with Crippen molar-refractivity contribution >= 4 is 35.2 Å². The van der Waals surface area contributed by atoms with E-state index in [4.69, 9.17) is 0 Å². The quantitative estimate of drug-likeness (QED) is 0.0245. The summed E-state index contributed by atoms with van der Waals surface area (Å²) < 4.78 is 0. The highest BCUT2D eigenvalue weighted by Gasteiger charge is 2.82. The van der Waals surface area contributed by atoms with E-state index in [9.17, 15) is 117 Å². The zero-order valence-corrected chi connectivity index (χ0v) is 32.8. The van der Waals surface area contributed by atoms with Gasteiger partial charge in [-0.2, -0.15) is 0 Å². The third-order valence-electron chi connectivity index (χ3n) is 10.5. The van der Waals surface area contributed by atoms with Crippen LogP contribution in [0.2, 0.25) is 0 Å². The first-order valence-corrected chi connectivity index (χ1v) is 17.9. The fourth-order valence-corrected chi connectivity index (χ4v) is 6.91. The molecule has 26 nitrogen and oxygen atoms in total. The van der Waals surface area contributed by atoms with E-state index in [1.54, 1.807) is 0 Å². The number of phenols is 15. The number of hydrogen-bond acceptors (Lipinski definition) is 26. The molecule has 5 atom stereocenters. The van der Waals surface area contributed by atoms with Gasteiger partial charge in [0, 0.05) is 27.8 Å². The maximum absolute atomic E-state index is 15.3. The van der Waals surface area contributed by atoms with Crippen molar-refractivity contribution in [1.82, 2.24) is 0 Å². The minimum Gasteiger partial charge on any atom is -0.504 e. The largest absolute Gasteiger partial charge is 0.504 e. The molecule has 0 aliphatic rings. The minimum absolute atomic E-state index is 0.00311. The van der Waals surface area contributed by atoms with Gasteiger partial charge >= 0.3 is 0 Å². The van der Waals surface area contributed by atoms with Gasteiger partial charge in [0.05, 0.1) is 0 Å². The van der Waals surface area contributed by atoms with Crippen molar-refractivity contribution in [2.24, 2.45) is 0 Å². The number of aliphatic hydroxyl groups excluding tert-OH is 1. The van der Waals surface area contributed by atoms with Gasteiger partial charge in [0.15, 0.2) is 104 Å². The Morgan fingerprint density at radius 1 is 0.358 bits per heavy atom. The number of aldehydes is 1. The number of Topliss-reactive ketones (excluding diaryl/α,β-unsaturated/α-hetero) is 5. The Morgan fingerprint density at radius 3 is 0.851 bits per heavy atom. The van der Waals surface area contributed by atoms with Gasteiger partial charge in [0.25, 0.3) is 0 Å². The Morgan fingerprint density at radius 2 is 0.582 bits per heavy atom. The van der Waals surface area contributed by atoms with Crippen LogP contribution in [-0.4, -0.2) is 166 Å².